The second-order valence-corrected chi connectivity index (χ2v) is 9.34. The Hall–Kier alpha value is -2.90. The van der Waals surface area contributed by atoms with Crippen molar-refractivity contribution in [2.75, 3.05) is 37.9 Å². The molecule has 0 unspecified atom stereocenters. The number of fused-ring (bicyclic) bond motifs is 1. The Morgan fingerprint density at radius 3 is 2.41 bits per heavy atom. The molecule has 1 atom stereocenters. The van der Waals surface area contributed by atoms with Crippen LogP contribution in [0.25, 0.3) is 0 Å². The highest BCUT2D eigenvalue weighted by molar-refractivity contribution is 6.21. The van der Waals surface area contributed by atoms with E-state index in [4.69, 9.17) is 9.47 Å². The monoisotopic (exact) mass is 437 g/mol. The van der Waals surface area contributed by atoms with Gasteiger partial charge in [-0.1, -0.05) is 26.0 Å². The van der Waals surface area contributed by atoms with Crippen molar-refractivity contribution < 1.29 is 28.9 Å². The number of ether oxygens (including phenoxy) is 2. The summed E-state index contributed by atoms with van der Waals surface area (Å²) < 4.78 is 10.9. The number of rotatable bonds is 5. The van der Waals surface area contributed by atoms with Crippen LogP contribution in [0.1, 0.15) is 37.3 Å². The van der Waals surface area contributed by atoms with Crippen molar-refractivity contribution in [1.82, 2.24) is 0 Å². The molecule has 0 spiro atoms. The van der Waals surface area contributed by atoms with E-state index in [9.17, 15) is 9.59 Å². The number of carbonyl (C=O) groups is 2. The van der Waals surface area contributed by atoms with Gasteiger partial charge >= 0.3 is 0 Å². The highest BCUT2D eigenvalue weighted by Gasteiger charge is 2.47. The van der Waals surface area contributed by atoms with Crippen LogP contribution in [0.4, 0.5) is 5.69 Å². The Morgan fingerprint density at radius 1 is 0.969 bits per heavy atom. The van der Waals surface area contributed by atoms with Gasteiger partial charge in [0.15, 0.2) is 17.5 Å². The zero-order chi connectivity index (χ0) is 22.2. The summed E-state index contributed by atoms with van der Waals surface area (Å²) in [4.78, 5) is 30.0. The summed E-state index contributed by atoms with van der Waals surface area (Å²) in [5, 5.41) is 0. The summed E-state index contributed by atoms with van der Waals surface area (Å²) in [6.45, 7) is 9.23. The van der Waals surface area contributed by atoms with Crippen LogP contribution in [0.2, 0.25) is 0 Å². The molecule has 0 radical (unpaired) electrons. The molecule has 2 N–H and O–H groups in total. The van der Waals surface area contributed by atoms with Crippen LogP contribution in [0.15, 0.2) is 42.5 Å². The zero-order valence-electron chi connectivity index (χ0n) is 18.7. The average Bonchev–Trinajstić information content (AvgIpc) is 3.38. The number of benzene rings is 2. The van der Waals surface area contributed by atoms with Gasteiger partial charge in [0.2, 0.25) is 12.7 Å². The standard InChI is InChI=1S/C25H29N3O4/c1-17(2)19-4-6-20(7-5-19)28-24(29)14-21(25(28)30)27-11-9-26(10-12-27)15-18-3-8-22-23(13-18)32-16-31-22/h3-8,13,17,21H,9-12,14-16H2,1-2H3/p+2/t21-/m0/s1. The summed E-state index contributed by atoms with van der Waals surface area (Å²) >= 11 is 0. The van der Waals surface area contributed by atoms with Crippen LogP contribution < -0.4 is 24.2 Å². The molecule has 3 heterocycles. The first-order chi connectivity index (χ1) is 15.5. The van der Waals surface area contributed by atoms with E-state index in [1.165, 1.54) is 25.8 Å². The number of quaternary nitrogens is 2. The van der Waals surface area contributed by atoms with Crippen LogP contribution in [-0.4, -0.2) is 50.8 Å². The molecule has 7 heteroatoms. The van der Waals surface area contributed by atoms with E-state index in [-0.39, 0.29) is 17.9 Å². The third-order valence-corrected chi connectivity index (χ3v) is 6.95. The summed E-state index contributed by atoms with van der Waals surface area (Å²) in [5.41, 5.74) is 3.13. The van der Waals surface area contributed by atoms with Crippen LogP contribution in [-0.2, 0) is 16.1 Å². The predicted octanol–water partition coefficient (Wildman–Crippen LogP) is 0.154. The van der Waals surface area contributed by atoms with E-state index in [1.807, 2.05) is 30.3 Å². The number of carbonyl (C=O) groups excluding carboxylic acids is 2. The molecule has 32 heavy (non-hydrogen) atoms. The maximum absolute atomic E-state index is 13.2. The molecule has 0 saturated carbocycles. The van der Waals surface area contributed by atoms with Gasteiger partial charge in [-0.05, 0) is 41.8 Å². The van der Waals surface area contributed by atoms with Gasteiger partial charge in [0.25, 0.3) is 5.91 Å². The first kappa shape index (κ1) is 21.0. The number of piperazine rings is 1. The van der Waals surface area contributed by atoms with Crippen molar-refractivity contribution in [3.8, 4) is 11.5 Å². The van der Waals surface area contributed by atoms with E-state index in [1.54, 1.807) is 0 Å². The van der Waals surface area contributed by atoms with E-state index < -0.39 is 0 Å². The number of hydrogen-bond donors (Lipinski definition) is 2. The van der Waals surface area contributed by atoms with Gasteiger partial charge in [-0.25, -0.2) is 4.90 Å². The van der Waals surface area contributed by atoms with Gasteiger partial charge in [0.05, 0.1) is 12.1 Å². The quantitative estimate of drug-likeness (QED) is 0.654. The molecule has 3 aliphatic heterocycles. The Balaban J connectivity index is 1.19. The number of anilines is 1. The van der Waals surface area contributed by atoms with Crippen LogP contribution in [0, 0.1) is 0 Å². The van der Waals surface area contributed by atoms with Gasteiger partial charge < -0.3 is 19.3 Å². The van der Waals surface area contributed by atoms with Gasteiger partial charge in [-0.2, -0.15) is 0 Å². The predicted molar refractivity (Wildman–Crippen MR) is 119 cm³/mol. The largest absolute Gasteiger partial charge is 0.454 e. The van der Waals surface area contributed by atoms with Crippen molar-refractivity contribution in [2.45, 2.75) is 38.8 Å². The van der Waals surface area contributed by atoms with E-state index in [2.05, 4.69) is 26.0 Å². The molecular formula is C25H31N3O4+2. The van der Waals surface area contributed by atoms with Gasteiger partial charge in [-0.15, -0.1) is 0 Å². The maximum atomic E-state index is 13.2. The van der Waals surface area contributed by atoms with Gasteiger partial charge in [0.1, 0.15) is 32.7 Å². The van der Waals surface area contributed by atoms with Crippen LogP contribution in [0.3, 0.4) is 0 Å². The molecule has 2 saturated heterocycles. The van der Waals surface area contributed by atoms with E-state index in [0.29, 0.717) is 24.8 Å². The molecule has 0 aromatic heterocycles. The molecule has 7 nitrogen and oxygen atoms in total. The van der Waals surface area contributed by atoms with E-state index in [0.717, 1.165) is 44.2 Å². The summed E-state index contributed by atoms with van der Waals surface area (Å²) in [5.74, 6) is 1.91. The van der Waals surface area contributed by atoms with Crippen molar-refractivity contribution >= 4 is 17.5 Å². The van der Waals surface area contributed by atoms with Crippen molar-refractivity contribution in [2.24, 2.45) is 0 Å². The van der Waals surface area contributed by atoms with Crippen molar-refractivity contribution in [3.63, 3.8) is 0 Å². The fraction of sp³-hybridized carbons (Fsp3) is 0.440. The Morgan fingerprint density at radius 2 is 1.69 bits per heavy atom. The lowest BCUT2D eigenvalue weighted by molar-refractivity contribution is -1.02. The summed E-state index contributed by atoms with van der Waals surface area (Å²) in [6, 6.07) is 13.7. The third-order valence-electron chi connectivity index (χ3n) is 6.95. The Labute approximate surface area is 188 Å². The Kier molecular flexibility index (Phi) is 5.61. The molecular weight excluding hydrogens is 406 g/mol. The van der Waals surface area contributed by atoms with Crippen LogP contribution in [0.5, 0.6) is 11.5 Å². The number of nitrogens with zero attached hydrogens (tertiary/aromatic N) is 1. The second-order valence-electron chi connectivity index (χ2n) is 9.34. The molecule has 168 valence electrons. The molecule has 2 aromatic rings. The molecule has 3 aliphatic rings. The number of imide groups is 1. The summed E-state index contributed by atoms with van der Waals surface area (Å²) in [6.07, 6.45) is 0.303. The first-order valence-electron chi connectivity index (χ1n) is 11.5. The van der Waals surface area contributed by atoms with Crippen LogP contribution >= 0.6 is 0 Å². The molecule has 5 rings (SSSR count). The van der Waals surface area contributed by atoms with Gasteiger partial charge in [0, 0.05) is 5.56 Å². The van der Waals surface area contributed by atoms with Crippen molar-refractivity contribution in [3.05, 3.63) is 53.6 Å². The average molecular weight is 438 g/mol. The minimum Gasteiger partial charge on any atom is -0.454 e. The molecule has 2 amide bonds. The molecule has 0 aliphatic carbocycles. The molecule has 2 fully saturated rings. The highest BCUT2D eigenvalue weighted by atomic mass is 16.7. The smallest absolute Gasteiger partial charge is 0.292 e. The lowest BCUT2D eigenvalue weighted by Gasteiger charge is -2.32. The highest BCUT2D eigenvalue weighted by Crippen LogP contribution is 2.32. The first-order valence-corrected chi connectivity index (χ1v) is 11.5. The fourth-order valence-electron chi connectivity index (χ4n) is 5.02. The lowest BCUT2D eigenvalue weighted by Crippen LogP contribution is -3.29. The maximum Gasteiger partial charge on any atom is 0.292 e. The van der Waals surface area contributed by atoms with Gasteiger partial charge in [-0.3, -0.25) is 9.59 Å². The van der Waals surface area contributed by atoms with Crippen molar-refractivity contribution in [1.29, 1.82) is 0 Å². The number of hydrogen-bond acceptors (Lipinski definition) is 4. The molecule has 0 bridgehead atoms. The minimum atomic E-state index is -0.264. The Bertz CT molecular complexity index is 1010. The third kappa shape index (κ3) is 3.98. The number of nitrogens with one attached hydrogen (secondary N) is 2. The minimum absolute atomic E-state index is 0.0542. The summed E-state index contributed by atoms with van der Waals surface area (Å²) in [7, 11) is 0. The molecule has 2 aromatic carbocycles. The number of amides is 2. The second kappa shape index (κ2) is 8.56. The fourth-order valence-corrected chi connectivity index (χ4v) is 5.02. The van der Waals surface area contributed by atoms with E-state index >= 15 is 0 Å². The zero-order valence-corrected chi connectivity index (χ0v) is 18.7. The SMILES string of the molecule is CC(C)c1ccc(N2C(=O)C[C@H]([NH+]3CC[NH+](Cc4ccc5c(c4)OCO5)CC3)C2=O)cc1. The normalized spacial score (nSPS) is 25.1. The lowest BCUT2D eigenvalue weighted by atomic mass is 10.0. The topological polar surface area (TPSA) is 64.7 Å².